The van der Waals surface area contributed by atoms with Crippen LogP contribution in [0.2, 0.25) is 5.02 Å². The van der Waals surface area contributed by atoms with Crippen LogP contribution < -0.4 is 15.5 Å². The van der Waals surface area contributed by atoms with E-state index >= 15 is 0 Å². The molecule has 0 spiro atoms. The van der Waals surface area contributed by atoms with Crippen LogP contribution in [0.15, 0.2) is 48.5 Å². The van der Waals surface area contributed by atoms with Gasteiger partial charge in [0.15, 0.2) is 5.11 Å². The predicted molar refractivity (Wildman–Crippen MR) is 120 cm³/mol. The summed E-state index contributed by atoms with van der Waals surface area (Å²) in [5.74, 6) is -0.396. The second-order valence-corrected chi connectivity index (χ2v) is 9.35. The molecule has 1 saturated heterocycles. The van der Waals surface area contributed by atoms with E-state index in [0.717, 1.165) is 11.4 Å². The Balaban J connectivity index is 1.67. The molecule has 0 saturated carbocycles. The van der Waals surface area contributed by atoms with E-state index in [0.29, 0.717) is 36.8 Å². The quantitative estimate of drug-likeness (QED) is 0.694. The second kappa shape index (κ2) is 9.08. The zero-order valence-corrected chi connectivity index (χ0v) is 18.1. The molecule has 0 unspecified atom stereocenters. The van der Waals surface area contributed by atoms with E-state index in [1.165, 1.54) is 10.6 Å². The first-order chi connectivity index (χ1) is 13.8. The lowest BCUT2D eigenvalue weighted by molar-refractivity contribution is 0.0978. The van der Waals surface area contributed by atoms with Crippen molar-refractivity contribution < 1.29 is 13.2 Å². The summed E-state index contributed by atoms with van der Waals surface area (Å²) in [6.45, 7) is 1.96. The molecule has 2 aromatic carbocycles. The standard InChI is InChI=1S/C19H21ClN4O3S2/c1-29(26,27)24-12-10-23(11-13-24)17-9-5-4-8-16(17)21-19(28)22-18(25)14-6-2-3-7-15(14)20/h2-9H,10-13H2,1H3,(H2,21,22,25,28). The number of benzene rings is 2. The molecular weight excluding hydrogens is 432 g/mol. The lowest BCUT2D eigenvalue weighted by atomic mass is 10.2. The van der Waals surface area contributed by atoms with Gasteiger partial charge in [-0.15, -0.1) is 0 Å². The number of hydrogen-bond donors (Lipinski definition) is 2. The number of rotatable bonds is 4. The topological polar surface area (TPSA) is 81.8 Å². The molecule has 7 nitrogen and oxygen atoms in total. The number of nitrogens with one attached hydrogen (secondary N) is 2. The number of thiocarbonyl (C=S) groups is 1. The third-order valence-corrected chi connectivity index (χ3v) is 6.38. The Bertz CT molecular complexity index is 1020. The van der Waals surface area contributed by atoms with Crippen molar-refractivity contribution in [3.05, 3.63) is 59.1 Å². The summed E-state index contributed by atoms with van der Waals surface area (Å²) in [6.07, 6.45) is 1.22. The summed E-state index contributed by atoms with van der Waals surface area (Å²) in [5, 5.41) is 6.18. The van der Waals surface area contributed by atoms with Gasteiger partial charge in [-0.25, -0.2) is 8.42 Å². The number of anilines is 2. The molecule has 29 heavy (non-hydrogen) atoms. The van der Waals surface area contributed by atoms with Gasteiger partial charge in [-0.2, -0.15) is 4.31 Å². The van der Waals surface area contributed by atoms with Gasteiger partial charge >= 0.3 is 0 Å². The molecule has 1 aliphatic heterocycles. The van der Waals surface area contributed by atoms with Crippen LogP contribution >= 0.6 is 23.8 Å². The number of carbonyl (C=O) groups is 1. The maximum atomic E-state index is 12.4. The first-order valence-corrected chi connectivity index (χ1v) is 11.5. The number of amides is 1. The SMILES string of the molecule is CS(=O)(=O)N1CCN(c2ccccc2NC(=S)NC(=O)c2ccccc2Cl)CC1. The van der Waals surface area contributed by atoms with Crippen LogP contribution in [0.25, 0.3) is 0 Å². The van der Waals surface area contributed by atoms with Gasteiger partial charge < -0.3 is 10.2 Å². The summed E-state index contributed by atoms with van der Waals surface area (Å²) < 4.78 is 24.9. The van der Waals surface area contributed by atoms with Crippen molar-refractivity contribution in [3.63, 3.8) is 0 Å². The molecule has 1 fully saturated rings. The highest BCUT2D eigenvalue weighted by Crippen LogP contribution is 2.27. The van der Waals surface area contributed by atoms with Crippen molar-refractivity contribution >= 4 is 56.2 Å². The number of halogens is 1. The van der Waals surface area contributed by atoms with Gasteiger partial charge in [0, 0.05) is 26.2 Å². The molecular formula is C19H21ClN4O3S2. The zero-order chi connectivity index (χ0) is 21.0. The van der Waals surface area contributed by atoms with Crippen LogP contribution in [-0.4, -0.2) is 56.2 Å². The summed E-state index contributed by atoms with van der Waals surface area (Å²) in [4.78, 5) is 14.5. The van der Waals surface area contributed by atoms with E-state index in [-0.39, 0.29) is 5.11 Å². The number of para-hydroxylation sites is 2. The highest BCUT2D eigenvalue weighted by atomic mass is 35.5. The van der Waals surface area contributed by atoms with E-state index in [1.807, 2.05) is 24.3 Å². The lowest BCUT2D eigenvalue weighted by Gasteiger charge is -2.35. The normalized spacial score (nSPS) is 15.0. The fourth-order valence-electron chi connectivity index (χ4n) is 3.09. The van der Waals surface area contributed by atoms with Gasteiger partial charge in [-0.3, -0.25) is 10.1 Å². The fourth-order valence-corrected chi connectivity index (χ4v) is 4.34. The number of carbonyl (C=O) groups excluding carboxylic acids is 1. The molecule has 0 aromatic heterocycles. The summed E-state index contributed by atoms with van der Waals surface area (Å²) >= 11 is 11.3. The third-order valence-electron chi connectivity index (χ3n) is 4.55. The Hall–Kier alpha value is -2.20. The molecule has 2 aromatic rings. The predicted octanol–water partition coefficient (Wildman–Crippen LogP) is 2.55. The molecule has 3 rings (SSSR count). The van der Waals surface area contributed by atoms with Crippen LogP contribution in [0, 0.1) is 0 Å². The molecule has 0 bridgehead atoms. The van der Waals surface area contributed by atoms with Crippen molar-refractivity contribution in [3.8, 4) is 0 Å². The Morgan fingerprint density at radius 2 is 1.66 bits per heavy atom. The Morgan fingerprint density at radius 1 is 1.03 bits per heavy atom. The highest BCUT2D eigenvalue weighted by molar-refractivity contribution is 7.88. The van der Waals surface area contributed by atoms with Gasteiger partial charge in [0.25, 0.3) is 5.91 Å². The number of nitrogens with zero attached hydrogens (tertiary/aromatic N) is 2. The molecule has 2 N–H and O–H groups in total. The first kappa shape index (κ1) is 21.5. The molecule has 154 valence electrons. The van der Waals surface area contributed by atoms with Crippen LogP contribution in [0.1, 0.15) is 10.4 Å². The van der Waals surface area contributed by atoms with Gasteiger partial charge in [0.2, 0.25) is 10.0 Å². The van der Waals surface area contributed by atoms with E-state index in [4.69, 9.17) is 23.8 Å². The summed E-state index contributed by atoms with van der Waals surface area (Å²) in [7, 11) is -3.19. The number of sulfonamides is 1. The average molecular weight is 453 g/mol. The third kappa shape index (κ3) is 5.45. The zero-order valence-electron chi connectivity index (χ0n) is 15.8. The largest absolute Gasteiger partial charge is 0.367 e. The van der Waals surface area contributed by atoms with Crippen molar-refractivity contribution in [2.75, 3.05) is 42.7 Å². The minimum atomic E-state index is -3.19. The Kier molecular flexibility index (Phi) is 6.74. The Morgan fingerprint density at radius 3 is 2.31 bits per heavy atom. The van der Waals surface area contributed by atoms with E-state index in [2.05, 4.69) is 15.5 Å². The molecule has 0 atom stereocenters. The van der Waals surface area contributed by atoms with Gasteiger partial charge in [0.05, 0.1) is 28.2 Å². The van der Waals surface area contributed by atoms with E-state index in [9.17, 15) is 13.2 Å². The Labute approximate surface area is 180 Å². The van der Waals surface area contributed by atoms with Gasteiger partial charge in [-0.05, 0) is 36.5 Å². The fraction of sp³-hybridized carbons (Fsp3) is 0.263. The van der Waals surface area contributed by atoms with Crippen molar-refractivity contribution in [1.82, 2.24) is 9.62 Å². The summed E-state index contributed by atoms with van der Waals surface area (Å²) in [5.41, 5.74) is 1.95. The number of hydrogen-bond acceptors (Lipinski definition) is 5. The molecule has 1 amide bonds. The second-order valence-electron chi connectivity index (χ2n) is 6.55. The maximum absolute atomic E-state index is 12.4. The van der Waals surface area contributed by atoms with E-state index < -0.39 is 15.9 Å². The number of piperazine rings is 1. The van der Waals surface area contributed by atoms with E-state index in [1.54, 1.807) is 24.3 Å². The molecule has 0 aliphatic carbocycles. The maximum Gasteiger partial charge on any atom is 0.258 e. The summed E-state index contributed by atoms with van der Waals surface area (Å²) in [6, 6.07) is 14.3. The molecule has 0 radical (unpaired) electrons. The molecule has 1 aliphatic rings. The lowest BCUT2D eigenvalue weighted by Crippen LogP contribution is -2.48. The van der Waals surface area contributed by atoms with Crippen LogP contribution in [0.3, 0.4) is 0 Å². The van der Waals surface area contributed by atoms with Gasteiger partial charge in [0.1, 0.15) is 0 Å². The minimum absolute atomic E-state index is 0.150. The van der Waals surface area contributed by atoms with Gasteiger partial charge in [-0.1, -0.05) is 35.9 Å². The highest BCUT2D eigenvalue weighted by Gasteiger charge is 2.24. The van der Waals surface area contributed by atoms with Crippen molar-refractivity contribution in [1.29, 1.82) is 0 Å². The van der Waals surface area contributed by atoms with Crippen LogP contribution in [0.4, 0.5) is 11.4 Å². The molecule has 10 heteroatoms. The first-order valence-electron chi connectivity index (χ1n) is 8.91. The minimum Gasteiger partial charge on any atom is -0.367 e. The van der Waals surface area contributed by atoms with Crippen molar-refractivity contribution in [2.24, 2.45) is 0 Å². The molecule has 1 heterocycles. The smallest absolute Gasteiger partial charge is 0.258 e. The average Bonchev–Trinajstić information content (AvgIpc) is 2.68. The van der Waals surface area contributed by atoms with Crippen LogP contribution in [0.5, 0.6) is 0 Å². The van der Waals surface area contributed by atoms with Crippen molar-refractivity contribution in [2.45, 2.75) is 0 Å². The van der Waals surface area contributed by atoms with Crippen LogP contribution in [-0.2, 0) is 10.0 Å². The monoisotopic (exact) mass is 452 g/mol.